The minimum Gasteiger partial charge on any atom is -0.368 e. The van der Waals surface area contributed by atoms with Gasteiger partial charge in [0.1, 0.15) is 12.5 Å². The summed E-state index contributed by atoms with van der Waals surface area (Å²) >= 11 is 0. The van der Waals surface area contributed by atoms with E-state index in [1.54, 1.807) is 0 Å². The van der Waals surface area contributed by atoms with Gasteiger partial charge in [-0.1, -0.05) is 54.6 Å². The Morgan fingerprint density at radius 1 is 0.826 bits per heavy atom. The summed E-state index contributed by atoms with van der Waals surface area (Å²) in [4.78, 5) is 8.37. The van der Waals surface area contributed by atoms with Crippen molar-refractivity contribution in [2.24, 2.45) is 20.8 Å². The molecule has 5 nitrogen and oxygen atoms in total. The number of hydrazone groups is 1. The van der Waals surface area contributed by atoms with Crippen LogP contribution in [-0.4, -0.2) is 29.2 Å². The van der Waals surface area contributed by atoms with E-state index in [2.05, 4.69) is 63.6 Å². The summed E-state index contributed by atoms with van der Waals surface area (Å²) in [5.74, 6) is 1.25. The van der Waals surface area contributed by atoms with Gasteiger partial charge in [-0.3, -0.25) is 0 Å². The first kappa shape index (κ1) is 13.7. The molecule has 5 heteroatoms. The van der Waals surface area contributed by atoms with Crippen LogP contribution in [0.15, 0.2) is 69.7 Å². The average molecular weight is 303 g/mol. The van der Waals surface area contributed by atoms with Gasteiger partial charge in [0.2, 0.25) is 5.96 Å². The number of hydrogen-bond acceptors (Lipinski definition) is 5. The summed E-state index contributed by atoms with van der Waals surface area (Å²) in [6.45, 7) is 0.455. The molecule has 2 N–H and O–H groups in total. The number of benzene rings is 2. The van der Waals surface area contributed by atoms with E-state index >= 15 is 0 Å². The van der Waals surface area contributed by atoms with Crippen LogP contribution >= 0.6 is 0 Å². The molecule has 0 saturated heterocycles. The molecule has 0 unspecified atom stereocenters. The summed E-state index contributed by atoms with van der Waals surface area (Å²) in [6, 6.07) is 18.9. The van der Waals surface area contributed by atoms with Gasteiger partial charge in [0.25, 0.3) is 0 Å². The molecule has 4 rings (SSSR count). The lowest BCUT2D eigenvalue weighted by molar-refractivity contribution is 0.433. The molecule has 114 valence electrons. The van der Waals surface area contributed by atoms with Crippen molar-refractivity contribution >= 4 is 17.5 Å². The van der Waals surface area contributed by atoms with E-state index in [1.165, 1.54) is 11.1 Å². The van der Waals surface area contributed by atoms with Crippen LogP contribution in [0.4, 0.5) is 0 Å². The van der Waals surface area contributed by atoms with Gasteiger partial charge in [-0.05, 0) is 23.1 Å². The fourth-order valence-corrected chi connectivity index (χ4v) is 2.83. The highest BCUT2D eigenvalue weighted by atomic mass is 15.5. The zero-order chi connectivity index (χ0) is 15.6. The first-order chi connectivity index (χ1) is 11.3. The molecule has 0 spiro atoms. The van der Waals surface area contributed by atoms with Gasteiger partial charge in [-0.2, -0.15) is 10.1 Å². The molecule has 0 amide bonds. The molecule has 2 aromatic rings. The number of nitrogens with zero attached hydrogens (tertiary/aromatic N) is 4. The van der Waals surface area contributed by atoms with Crippen LogP contribution in [-0.2, 0) is 0 Å². The molecule has 0 fully saturated rings. The number of aliphatic imine (C=N–C) groups is 2. The van der Waals surface area contributed by atoms with Crippen molar-refractivity contribution in [1.29, 1.82) is 0 Å². The van der Waals surface area contributed by atoms with Gasteiger partial charge in [0.05, 0.1) is 5.71 Å². The second kappa shape index (κ2) is 5.68. The number of amidine groups is 1. The highest BCUT2D eigenvalue weighted by Crippen LogP contribution is 2.22. The Kier molecular flexibility index (Phi) is 3.38. The van der Waals surface area contributed by atoms with E-state index in [-0.39, 0.29) is 0 Å². The summed E-state index contributed by atoms with van der Waals surface area (Å²) < 4.78 is 0. The Labute approximate surface area is 134 Å². The van der Waals surface area contributed by atoms with Crippen LogP contribution < -0.4 is 5.73 Å². The van der Waals surface area contributed by atoms with Crippen molar-refractivity contribution in [2.75, 3.05) is 6.67 Å². The van der Waals surface area contributed by atoms with Crippen molar-refractivity contribution in [1.82, 2.24) is 5.01 Å². The van der Waals surface area contributed by atoms with Gasteiger partial charge in [0, 0.05) is 6.42 Å². The Hall–Kier alpha value is -2.95. The first-order valence-electron chi connectivity index (χ1n) is 7.68. The quantitative estimate of drug-likeness (QED) is 0.927. The van der Waals surface area contributed by atoms with Crippen LogP contribution in [0.1, 0.15) is 18.4 Å². The molecule has 2 aliphatic heterocycles. The van der Waals surface area contributed by atoms with Crippen LogP contribution in [0, 0.1) is 0 Å². The molecule has 0 bridgehead atoms. The topological polar surface area (TPSA) is 66.3 Å². The third-order valence-corrected chi connectivity index (χ3v) is 4.06. The highest BCUT2D eigenvalue weighted by Gasteiger charge is 2.22. The predicted octanol–water partition coefficient (Wildman–Crippen LogP) is 2.84. The number of nitrogens with two attached hydrogens (primary N) is 1. The molecule has 0 atom stereocenters. The summed E-state index contributed by atoms with van der Waals surface area (Å²) in [7, 11) is 0. The lowest BCUT2D eigenvalue weighted by Gasteiger charge is -2.27. The van der Waals surface area contributed by atoms with Crippen molar-refractivity contribution < 1.29 is 0 Å². The largest absolute Gasteiger partial charge is 0.368 e. The minimum absolute atomic E-state index is 0.349. The standard InChI is InChI=1S/C18H17N5/c19-18-20-12-23-17(21-18)11-10-16(22-23)15-8-6-14(7-9-15)13-4-2-1-3-5-13/h1-9H,10-12H2,(H2,19,20). The smallest absolute Gasteiger partial charge is 0.218 e. The van der Waals surface area contributed by atoms with Crippen LogP contribution in [0.3, 0.4) is 0 Å². The van der Waals surface area contributed by atoms with Crippen molar-refractivity contribution in [3.05, 3.63) is 60.2 Å². The summed E-state index contributed by atoms with van der Waals surface area (Å²) in [5.41, 5.74) is 10.3. The summed E-state index contributed by atoms with van der Waals surface area (Å²) in [5, 5.41) is 6.50. The maximum atomic E-state index is 5.65. The third-order valence-electron chi connectivity index (χ3n) is 4.06. The third kappa shape index (κ3) is 2.73. The number of hydrogen-bond donors (Lipinski definition) is 1. The lowest BCUT2D eigenvalue weighted by Crippen LogP contribution is -2.37. The van der Waals surface area contributed by atoms with Crippen molar-refractivity contribution in [3.8, 4) is 11.1 Å². The number of fused-ring (bicyclic) bond motifs is 1. The van der Waals surface area contributed by atoms with Gasteiger partial charge in [-0.15, -0.1) is 0 Å². The monoisotopic (exact) mass is 303 g/mol. The fraction of sp³-hybridized carbons (Fsp3) is 0.167. The summed E-state index contributed by atoms with van der Waals surface area (Å²) in [6.07, 6.45) is 1.71. The van der Waals surface area contributed by atoms with Gasteiger partial charge >= 0.3 is 0 Å². The molecule has 0 aromatic heterocycles. The molecule has 23 heavy (non-hydrogen) atoms. The van der Waals surface area contributed by atoms with Crippen LogP contribution in [0.5, 0.6) is 0 Å². The Morgan fingerprint density at radius 2 is 1.52 bits per heavy atom. The first-order valence-corrected chi connectivity index (χ1v) is 7.68. The SMILES string of the molecule is NC1=NCN2N=C(c3ccc(-c4ccccc4)cc3)CCC2=N1. The molecule has 0 saturated carbocycles. The van der Waals surface area contributed by atoms with E-state index in [9.17, 15) is 0 Å². The average Bonchev–Trinajstić information content (AvgIpc) is 2.62. The van der Waals surface area contributed by atoms with E-state index in [4.69, 9.17) is 5.73 Å². The second-order valence-corrected chi connectivity index (χ2v) is 5.58. The zero-order valence-corrected chi connectivity index (χ0v) is 12.7. The predicted molar refractivity (Wildman–Crippen MR) is 93.4 cm³/mol. The number of rotatable bonds is 2. The maximum Gasteiger partial charge on any atom is 0.218 e. The van der Waals surface area contributed by atoms with Crippen LogP contribution in [0.25, 0.3) is 11.1 Å². The molecule has 0 radical (unpaired) electrons. The molecule has 2 heterocycles. The van der Waals surface area contributed by atoms with E-state index in [0.717, 1.165) is 30.0 Å². The Balaban J connectivity index is 1.59. The van der Waals surface area contributed by atoms with E-state index < -0.39 is 0 Å². The highest BCUT2D eigenvalue weighted by molar-refractivity contribution is 6.07. The van der Waals surface area contributed by atoms with Gasteiger partial charge in [-0.25, -0.2) is 10.0 Å². The zero-order valence-electron chi connectivity index (χ0n) is 12.7. The Morgan fingerprint density at radius 3 is 2.30 bits per heavy atom. The molecule has 2 aromatic carbocycles. The van der Waals surface area contributed by atoms with Crippen LogP contribution in [0.2, 0.25) is 0 Å². The van der Waals surface area contributed by atoms with Gasteiger partial charge in [0.15, 0.2) is 0 Å². The fourth-order valence-electron chi connectivity index (χ4n) is 2.83. The maximum absolute atomic E-state index is 5.65. The minimum atomic E-state index is 0.349. The molecular weight excluding hydrogens is 286 g/mol. The second-order valence-electron chi connectivity index (χ2n) is 5.58. The Bertz CT molecular complexity index is 803. The normalized spacial score (nSPS) is 17.0. The van der Waals surface area contributed by atoms with Gasteiger partial charge < -0.3 is 5.73 Å². The number of guanidine groups is 1. The lowest BCUT2D eigenvalue weighted by atomic mass is 9.99. The van der Waals surface area contributed by atoms with E-state index in [0.29, 0.717) is 12.6 Å². The molecular formula is C18H17N5. The van der Waals surface area contributed by atoms with E-state index in [1.807, 2.05) is 11.1 Å². The van der Waals surface area contributed by atoms with Crippen molar-refractivity contribution in [3.63, 3.8) is 0 Å². The van der Waals surface area contributed by atoms with Crippen molar-refractivity contribution in [2.45, 2.75) is 12.8 Å². The molecule has 2 aliphatic rings. The molecule has 0 aliphatic carbocycles.